The normalized spacial score (nSPS) is 20.4. The number of rotatable bonds is 2. The molecule has 1 N–H and O–H groups in total. The zero-order valence-corrected chi connectivity index (χ0v) is 12.4. The lowest BCUT2D eigenvalue weighted by atomic mass is 9.85. The molecule has 0 aliphatic carbocycles. The molecule has 1 aliphatic heterocycles. The summed E-state index contributed by atoms with van der Waals surface area (Å²) in [5.41, 5.74) is 3.59. The van der Waals surface area contributed by atoms with Gasteiger partial charge in [0.1, 0.15) is 0 Å². The largest absolute Gasteiger partial charge is 0.379 e. The Hall–Kier alpha value is -1.80. The van der Waals surface area contributed by atoms with Crippen LogP contribution < -0.4 is 5.32 Å². The van der Waals surface area contributed by atoms with Crippen LogP contribution in [0.5, 0.6) is 0 Å². The lowest BCUT2D eigenvalue weighted by Crippen LogP contribution is -2.37. The zero-order valence-electron chi connectivity index (χ0n) is 11.6. The Morgan fingerprint density at radius 1 is 1.05 bits per heavy atom. The van der Waals surface area contributed by atoms with Crippen molar-refractivity contribution in [2.24, 2.45) is 0 Å². The number of nitrogens with one attached hydrogen (secondary N) is 1. The first-order valence-corrected chi connectivity index (χ1v) is 7.10. The van der Waals surface area contributed by atoms with E-state index in [0.29, 0.717) is 5.92 Å². The van der Waals surface area contributed by atoms with Crippen LogP contribution in [0.2, 0.25) is 5.02 Å². The number of pyridine rings is 1. The van der Waals surface area contributed by atoms with Crippen LogP contribution in [0.4, 0.5) is 0 Å². The topological polar surface area (TPSA) is 24.9 Å². The van der Waals surface area contributed by atoms with Crippen molar-refractivity contribution in [2.75, 3.05) is 0 Å². The lowest BCUT2D eigenvalue weighted by Gasteiger charge is -2.28. The maximum atomic E-state index is 5.95. The van der Waals surface area contributed by atoms with Crippen molar-refractivity contribution in [3.63, 3.8) is 0 Å². The molecule has 0 saturated carbocycles. The first kappa shape index (κ1) is 13.2. The molecule has 20 heavy (non-hydrogen) atoms. The predicted octanol–water partition coefficient (Wildman–Crippen LogP) is 4.24. The molecule has 0 spiro atoms. The third kappa shape index (κ3) is 2.44. The van der Waals surface area contributed by atoms with Gasteiger partial charge in [-0.3, -0.25) is 4.98 Å². The molecule has 2 nitrogen and oxygen atoms in total. The summed E-state index contributed by atoms with van der Waals surface area (Å²) < 4.78 is 0. The van der Waals surface area contributed by atoms with Crippen LogP contribution in [0, 0.1) is 0 Å². The lowest BCUT2D eigenvalue weighted by molar-refractivity contribution is 0.433. The van der Waals surface area contributed by atoms with Gasteiger partial charge in [-0.05, 0) is 49.2 Å². The SMILES string of the molecule is CC1(C)NC(c2ccc(Cl)cc2)=CC1c1ccncc1. The summed E-state index contributed by atoms with van der Waals surface area (Å²) in [6.45, 7) is 4.44. The smallest absolute Gasteiger partial charge is 0.0421 e. The van der Waals surface area contributed by atoms with Gasteiger partial charge in [-0.25, -0.2) is 0 Å². The van der Waals surface area contributed by atoms with Crippen molar-refractivity contribution in [1.29, 1.82) is 0 Å². The van der Waals surface area contributed by atoms with E-state index in [9.17, 15) is 0 Å². The van der Waals surface area contributed by atoms with Crippen LogP contribution in [0.25, 0.3) is 5.70 Å². The third-order valence-electron chi connectivity index (χ3n) is 3.79. The van der Waals surface area contributed by atoms with E-state index in [0.717, 1.165) is 10.7 Å². The molecule has 0 fully saturated rings. The van der Waals surface area contributed by atoms with E-state index in [1.54, 1.807) is 0 Å². The van der Waals surface area contributed by atoms with Gasteiger partial charge < -0.3 is 5.32 Å². The van der Waals surface area contributed by atoms with Crippen molar-refractivity contribution in [3.05, 3.63) is 71.0 Å². The summed E-state index contributed by atoms with van der Waals surface area (Å²) in [5.74, 6) is 0.330. The van der Waals surface area contributed by atoms with E-state index in [2.05, 4.69) is 42.4 Å². The predicted molar refractivity (Wildman–Crippen MR) is 83.6 cm³/mol. The summed E-state index contributed by atoms with van der Waals surface area (Å²) in [6.07, 6.45) is 5.98. The number of hydrogen-bond acceptors (Lipinski definition) is 2. The van der Waals surface area contributed by atoms with Crippen molar-refractivity contribution in [1.82, 2.24) is 10.3 Å². The van der Waals surface area contributed by atoms with Gasteiger partial charge in [0.2, 0.25) is 0 Å². The van der Waals surface area contributed by atoms with E-state index in [-0.39, 0.29) is 5.54 Å². The molecule has 102 valence electrons. The highest BCUT2D eigenvalue weighted by molar-refractivity contribution is 6.30. The number of benzene rings is 1. The molecule has 1 aliphatic rings. The number of halogens is 1. The molecule has 3 rings (SSSR count). The fourth-order valence-corrected chi connectivity index (χ4v) is 2.85. The molecule has 2 heterocycles. The van der Waals surface area contributed by atoms with Gasteiger partial charge in [-0.2, -0.15) is 0 Å². The first-order chi connectivity index (χ1) is 9.56. The molecule has 1 atom stereocenters. The highest BCUT2D eigenvalue weighted by Gasteiger charge is 2.35. The zero-order chi connectivity index (χ0) is 14.2. The summed E-state index contributed by atoms with van der Waals surface area (Å²) in [7, 11) is 0. The highest BCUT2D eigenvalue weighted by Crippen LogP contribution is 2.38. The second kappa shape index (κ2) is 4.95. The van der Waals surface area contributed by atoms with Crippen LogP contribution in [0.1, 0.15) is 30.9 Å². The molecule has 3 heteroatoms. The minimum atomic E-state index is -0.0175. The van der Waals surface area contributed by atoms with Gasteiger partial charge in [-0.15, -0.1) is 0 Å². The summed E-state index contributed by atoms with van der Waals surface area (Å²) >= 11 is 5.95. The Kier molecular flexibility index (Phi) is 3.27. The molecule has 1 aromatic carbocycles. The maximum absolute atomic E-state index is 5.95. The molecule has 0 amide bonds. The summed E-state index contributed by atoms with van der Waals surface area (Å²) in [6, 6.07) is 12.1. The fourth-order valence-electron chi connectivity index (χ4n) is 2.72. The van der Waals surface area contributed by atoms with Gasteiger partial charge in [-0.1, -0.05) is 29.8 Å². The van der Waals surface area contributed by atoms with Gasteiger partial charge in [0.05, 0.1) is 0 Å². The Labute approximate surface area is 124 Å². The Morgan fingerprint density at radius 3 is 2.35 bits per heavy atom. The second-order valence-electron chi connectivity index (χ2n) is 5.69. The van der Waals surface area contributed by atoms with Crippen LogP contribution in [-0.2, 0) is 0 Å². The van der Waals surface area contributed by atoms with Crippen molar-refractivity contribution in [3.8, 4) is 0 Å². The molecule has 0 saturated heterocycles. The Balaban J connectivity index is 1.97. The van der Waals surface area contributed by atoms with Gasteiger partial charge in [0.25, 0.3) is 0 Å². The molecule has 0 radical (unpaired) electrons. The Morgan fingerprint density at radius 2 is 1.70 bits per heavy atom. The number of hydrogen-bond donors (Lipinski definition) is 1. The molecule has 0 bridgehead atoms. The monoisotopic (exact) mass is 284 g/mol. The number of nitrogens with zero attached hydrogens (tertiary/aromatic N) is 1. The molecular weight excluding hydrogens is 268 g/mol. The maximum Gasteiger partial charge on any atom is 0.0421 e. The van der Waals surface area contributed by atoms with E-state index in [1.165, 1.54) is 11.1 Å². The summed E-state index contributed by atoms with van der Waals surface area (Å²) in [5, 5.41) is 4.37. The minimum absolute atomic E-state index is 0.0175. The van der Waals surface area contributed by atoms with Crippen LogP contribution in [0.15, 0.2) is 54.9 Å². The van der Waals surface area contributed by atoms with E-state index >= 15 is 0 Å². The molecular formula is C17H17ClN2. The average molecular weight is 285 g/mol. The highest BCUT2D eigenvalue weighted by atomic mass is 35.5. The Bertz CT molecular complexity index is 630. The van der Waals surface area contributed by atoms with Crippen molar-refractivity contribution in [2.45, 2.75) is 25.3 Å². The quantitative estimate of drug-likeness (QED) is 0.892. The van der Waals surface area contributed by atoms with E-state index in [1.807, 2.05) is 36.7 Å². The van der Waals surface area contributed by atoms with Crippen LogP contribution in [0.3, 0.4) is 0 Å². The number of aromatic nitrogens is 1. The first-order valence-electron chi connectivity index (χ1n) is 6.72. The van der Waals surface area contributed by atoms with E-state index < -0.39 is 0 Å². The molecule has 1 unspecified atom stereocenters. The van der Waals surface area contributed by atoms with E-state index in [4.69, 9.17) is 11.6 Å². The van der Waals surface area contributed by atoms with Gasteiger partial charge >= 0.3 is 0 Å². The van der Waals surface area contributed by atoms with Crippen LogP contribution in [-0.4, -0.2) is 10.5 Å². The van der Waals surface area contributed by atoms with Gasteiger partial charge in [0, 0.05) is 34.6 Å². The average Bonchev–Trinajstić information content (AvgIpc) is 2.76. The molecule has 2 aromatic rings. The minimum Gasteiger partial charge on any atom is -0.379 e. The second-order valence-corrected chi connectivity index (χ2v) is 6.13. The van der Waals surface area contributed by atoms with Crippen molar-refractivity contribution < 1.29 is 0 Å². The fraction of sp³-hybridized carbons (Fsp3) is 0.235. The third-order valence-corrected chi connectivity index (χ3v) is 4.04. The van der Waals surface area contributed by atoms with Crippen molar-refractivity contribution >= 4 is 17.3 Å². The standard InChI is InChI=1S/C17H17ClN2/c1-17(2)15(12-7-9-19-10-8-12)11-16(20-17)13-3-5-14(18)6-4-13/h3-11,15,20H,1-2H3. The van der Waals surface area contributed by atoms with Gasteiger partial charge in [0.15, 0.2) is 0 Å². The summed E-state index contributed by atoms with van der Waals surface area (Å²) in [4.78, 5) is 4.10. The molecule has 1 aromatic heterocycles. The van der Waals surface area contributed by atoms with Crippen LogP contribution >= 0.6 is 11.6 Å².